The minimum atomic E-state index is -0.552. The predicted molar refractivity (Wildman–Crippen MR) is 139 cm³/mol. The third kappa shape index (κ3) is 5.49. The maximum Gasteiger partial charge on any atom is 0.311 e. The van der Waals surface area contributed by atoms with Crippen LogP contribution < -0.4 is 10.3 Å². The number of nitro groups is 1. The van der Waals surface area contributed by atoms with Gasteiger partial charge in [-0.25, -0.2) is 9.37 Å². The Morgan fingerprint density at radius 1 is 1.19 bits per heavy atom. The quantitative estimate of drug-likeness (QED) is 0.147. The van der Waals surface area contributed by atoms with Gasteiger partial charge in [0, 0.05) is 22.0 Å². The zero-order valence-corrected chi connectivity index (χ0v) is 21.1. The molecule has 0 fully saturated rings. The largest absolute Gasteiger partial charge is 0.482 e. The molecule has 36 heavy (non-hydrogen) atoms. The molecule has 0 bridgehead atoms. The van der Waals surface area contributed by atoms with E-state index < -0.39 is 4.92 Å². The highest BCUT2D eigenvalue weighted by Gasteiger charge is 2.18. The van der Waals surface area contributed by atoms with Crippen molar-refractivity contribution in [2.24, 2.45) is 5.10 Å². The Bertz CT molecular complexity index is 1520. The highest BCUT2D eigenvalue weighted by Crippen LogP contribution is 2.28. The topological polar surface area (TPSA) is 99.6 Å². The van der Waals surface area contributed by atoms with Crippen molar-refractivity contribution < 1.29 is 14.1 Å². The molecule has 0 saturated heterocycles. The molecule has 8 nitrogen and oxygen atoms in total. The summed E-state index contributed by atoms with van der Waals surface area (Å²) in [5, 5.41) is 16.4. The van der Waals surface area contributed by atoms with Crippen molar-refractivity contribution in [1.29, 1.82) is 0 Å². The van der Waals surface area contributed by atoms with Gasteiger partial charge in [-0.2, -0.15) is 9.78 Å². The summed E-state index contributed by atoms with van der Waals surface area (Å²) < 4.78 is 20.7. The maximum absolute atomic E-state index is 13.3. The molecule has 0 aliphatic rings. The minimum absolute atomic E-state index is 0.0422. The van der Waals surface area contributed by atoms with Gasteiger partial charge in [-0.1, -0.05) is 41.9 Å². The average molecular weight is 553 g/mol. The van der Waals surface area contributed by atoms with Crippen LogP contribution >= 0.6 is 15.9 Å². The first kappa shape index (κ1) is 25.2. The molecule has 0 radical (unpaired) electrons. The lowest BCUT2D eigenvalue weighted by atomic mass is 10.1. The zero-order valence-electron chi connectivity index (χ0n) is 19.5. The van der Waals surface area contributed by atoms with Gasteiger partial charge < -0.3 is 4.74 Å². The average Bonchev–Trinajstić information content (AvgIpc) is 2.87. The van der Waals surface area contributed by atoms with Gasteiger partial charge in [0.15, 0.2) is 5.75 Å². The lowest BCUT2D eigenvalue weighted by Gasteiger charge is -2.14. The van der Waals surface area contributed by atoms with Gasteiger partial charge in [0.1, 0.15) is 18.2 Å². The van der Waals surface area contributed by atoms with Gasteiger partial charge >= 0.3 is 5.69 Å². The second-order valence-corrected chi connectivity index (χ2v) is 9.12. The second-order valence-electron chi connectivity index (χ2n) is 8.20. The van der Waals surface area contributed by atoms with Crippen LogP contribution in [0, 0.1) is 15.9 Å². The minimum Gasteiger partial charge on any atom is -0.482 e. The van der Waals surface area contributed by atoms with E-state index in [9.17, 15) is 19.3 Å². The second kappa shape index (κ2) is 10.8. The summed E-state index contributed by atoms with van der Waals surface area (Å²) in [6, 6.07) is 15.4. The van der Waals surface area contributed by atoms with E-state index in [0.717, 1.165) is 10.9 Å². The van der Waals surface area contributed by atoms with E-state index in [1.54, 1.807) is 30.3 Å². The molecule has 0 unspecified atom stereocenters. The molecule has 0 N–H and O–H groups in total. The molecular formula is C26H22BrFN4O4. The Balaban J connectivity index is 1.68. The summed E-state index contributed by atoms with van der Waals surface area (Å²) in [5.41, 5.74) is 1.07. The SMILES string of the molecule is CC[C@@H](C)c1nc2ccc(Br)cc2c(=O)n1N=Cc1ccc(OCc2ccc(F)cc2)c([N+](=O)[O-])c1. The van der Waals surface area contributed by atoms with Gasteiger partial charge in [-0.15, -0.1) is 0 Å². The molecule has 1 atom stereocenters. The van der Waals surface area contributed by atoms with E-state index in [4.69, 9.17) is 4.74 Å². The van der Waals surface area contributed by atoms with E-state index in [1.807, 2.05) is 19.9 Å². The number of fused-ring (bicyclic) bond motifs is 1. The van der Waals surface area contributed by atoms with Gasteiger partial charge in [0.05, 0.1) is 22.0 Å². The molecule has 0 aliphatic carbocycles. The number of nitrogens with zero attached hydrogens (tertiary/aromatic N) is 4. The summed E-state index contributed by atoms with van der Waals surface area (Å²) in [6.07, 6.45) is 2.13. The highest BCUT2D eigenvalue weighted by molar-refractivity contribution is 9.10. The lowest BCUT2D eigenvalue weighted by molar-refractivity contribution is -0.385. The van der Waals surface area contributed by atoms with Crippen molar-refractivity contribution in [2.75, 3.05) is 0 Å². The number of hydrogen-bond acceptors (Lipinski definition) is 6. The monoisotopic (exact) mass is 552 g/mol. The first-order valence-electron chi connectivity index (χ1n) is 11.2. The van der Waals surface area contributed by atoms with E-state index in [1.165, 1.54) is 35.2 Å². The summed E-state index contributed by atoms with van der Waals surface area (Å²) in [6.45, 7) is 3.99. The van der Waals surface area contributed by atoms with Crippen molar-refractivity contribution in [1.82, 2.24) is 9.66 Å². The van der Waals surface area contributed by atoms with E-state index in [0.29, 0.717) is 27.9 Å². The molecule has 1 aromatic heterocycles. The van der Waals surface area contributed by atoms with Crippen LogP contribution in [0.5, 0.6) is 5.75 Å². The Hall–Kier alpha value is -3.92. The van der Waals surface area contributed by atoms with E-state index in [2.05, 4.69) is 26.0 Å². The van der Waals surface area contributed by atoms with Crippen molar-refractivity contribution in [3.8, 4) is 5.75 Å². The maximum atomic E-state index is 13.3. The smallest absolute Gasteiger partial charge is 0.311 e. The molecule has 4 rings (SSSR count). The first-order chi connectivity index (χ1) is 17.3. The van der Waals surface area contributed by atoms with Gasteiger partial charge in [0.2, 0.25) is 0 Å². The molecule has 3 aromatic carbocycles. The van der Waals surface area contributed by atoms with Crippen LogP contribution in [0.1, 0.15) is 43.1 Å². The molecule has 4 aromatic rings. The number of rotatable bonds is 8. The molecule has 0 saturated carbocycles. The number of aromatic nitrogens is 2. The van der Waals surface area contributed by atoms with E-state index >= 15 is 0 Å². The summed E-state index contributed by atoms with van der Waals surface area (Å²) >= 11 is 3.38. The van der Waals surface area contributed by atoms with Crippen LogP contribution in [0.15, 0.2) is 75.0 Å². The summed E-state index contributed by atoms with van der Waals surface area (Å²) in [5.74, 6) is 0.149. The molecular weight excluding hydrogens is 531 g/mol. The van der Waals surface area contributed by atoms with Crippen LogP contribution in [-0.2, 0) is 6.61 Å². The standard InChI is InChI=1S/C26H22BrFN4O4/c1-3-16(2)25-30-22-10-7-19(27)13-21(22)26(33)31(25)29-14-18-6-11-24(23(12-18)32(34)35)36-15-17-4-8-20(28)9-5-17/h4-14,16H,3,15H2,1-2H3/t16-/m1/s1. The fourth-order valence-corrected chi connectivity index (χ4v) is 3.89. The van der Waals surface area contributed by atoms with Crippen LogP contribution in [0.2, 0.25) is 0 Å². The molecule has 0 aliphatic heterocycles. The number of ether oxygens (including phenoxy) is 1. The molecule has 0 spiro atoms. The molecule has 0 amide bonds. The normalized spacial score (nSPS) is 12.2. The van der Waals surface area contributed by atoms with Crippen molar-refractivity contribution in [3.63, 3.8) is 0 Å². The van der Waals surface area contributed by atoms with E-state index in [-0.39, 0.29) is 35.3 Å². The van der Waals surface area contributed by atoms with Crippen molar-refractivity contribution >= 4 is 38.7 Å². The summed E-state index contributed by atoms with van der Waals surface area (Å²) in [7, 11) is 0. The fraction of sp³-hybridized carbons (Fsp3) is 0.192. The number of nitro benzene ring substituents is 1. The fourth-order valence-electron chi connectivity index (χ4n) is 3.52. The lowest BCUT2D eigenvalue weighted by Crippen LogP contribution is -2.23. The Labute approximate surface area is 214 Å². The van der Waals surface area contributed by atoms with Crippen molar-refractivity contribution in [3.05, 3.63) is 108 Å². The molecule has 10 heteroatoms. The van der Waals surface area contributed by atoms with Crippen LogP contribution in [0.4, 0.5) is 10.1 Å². The van der Waals surface area contributed by atoms with Crippen LogP contribution in [0.3, 0.4) is 0 Å². The third-order valence-corrected chi connectivity index (χ3v) is 6.19. The molecule has 184 valence electrons. The third-order valence-electron chi connectivity index (χ3n) is 5.70. The Kier molecular flexibility index (Phi) is 7.54. The number of benzene rings is 3. The predicted octanol–water partition coefficient (Wildman–Crippen LogP) is 6.18. The highest BCUT2D eigenvalue weighted by atomic mass is 79.9. The first-order valence-corrected chi connectivity index (χ1v) is 12.0. The Morgan fingerprint density at radius 2 is 1.94 bits per heavy atom. The number of halogens is 2. The summed E-state index contributed by atoms with van der Waals surface area (Å²) in [4.78, 5) is 29.0. The van der Waals surface area contributed by atoms with Crippen LogP contribution in [-0.4, -0.2) is 20.8 Å². The van der Waals surface area contributed by atoms with Crippen LogP contribution in [0.25, 0.3) is 10.9 Å². The van der Waals surface area contributed by atoms with Gasteiger partial charge in [0.25, 0.3) is 5.56 Å². The zero-order chi connectivity index (χ0) is 25.8. The van der Waals surface area contributed by atoms with Crippen molar-refractivity contribution in [2.45, 2.75) is 32.8 Å². The Morgan fingerprint density at radius 3 is 2.64 bits per heavy atom. The molecule has 1 heterocycles. The number of hydrogen-bond donors (Lipinski definition) is 0. The van der Waals surface area contributed by atoms with Gasteiger partial charge in [-0.05, 0) is 54.4 Å². The van der Waals surface area contributed by atoms with Gasteiger partial charge in [-0.3, -0.25) is 14.9 Å².